The van der Waals surface area contributed by atoms with Gasteiger partial charge in [-0.05, 0) is 72.2 Å². The fourth-order valence-electron chi connectivity index (χ4n) is 4.19. The molecule has 1 atom stereocenters. The van der Waals surface area contributed by atoms with Gasteiger partial charge in [-0.25, -0.2) is 4.39 Å². The third-order valence-corrected chi connectivity index (χ3v) is 6.24. The van der Waals surface area contributed by atoms with E-state index in [0.717, 1.165) is 22.4 Å². The van der Waals surface area contributed by atoms with Crippen molar-refractivity contribution in [2.24, 2.45) is 0 Å². The van der Waals surface area contributed by atoms with Gasteiger partial charge < -0.3 is 19.7 Å². The summed E-state index contributed by atoms with van der Waals surface area (Å²) in [5.41, 5.74) is 3.77. The van der Waals surface area contributed by atoms with Crippen LogP contribution < -0.4 is 19.7 Å². The van der Waals surface area contributed by atoms with E-state index in [-0.39, 0.29) is 24.2 Å². The molecular weight excluding hydrogens is 495 g/mol. The lowest BCUT2D eigenvalue weighted by molar-refractivity contribution is -0.125. The Morgan fingerprint density at radius 2 is 1.72 bits per heavy atom. The molecule has 1 aliphatic rings. The number of halogens is 1. The summed E-state index contributed by atoms with van der Waals surface area (Å²) in [6, 6.07) is 28.5. The number of amides is 2. The quantitative estimate of drug-likeness (QED) is 0.273. The van der Waals surface area contributed by atoms with Crippen molar-refractivity contribution < 1.29 is 23.5 Å². The molecule has 0 radical (unpaired) electrons. The maximum absolute atomic E-state index is 13.3. The Labute approximate surface area is 226 Å². The van der Waals surface area contributed by atoms with Crippen LogP contribution in [0.5, 0.6) is 11.5 Å². The number of anilines is 2. The maximum atomic E-state index is 13.3. The van der Waals surface area contributed by atoms with Gasteiger partial charge >= 0.3 is 0 Å². The molecule has 0 saturated heterocycles. The summed E-state index contributed by atoms with van der Waals surface area (Å²) in [7, 11) is 0. The van der Waals surface area contributed by atoms with Crippen molar-refractivity contribution in [3.05, 3.63) is 126 Å². The molecular formula is C32H27FN2O4. The molecule has 4 aromatic carbocycles. The second kappa shape index (κ2) is 11.6. The highest BCUT2D eigenvalue weighted by Crippen LogP contribution is 2.37. The highest BCUT2D eigenvalue weighted by molar-refractivity contribution is 6.04. The molecule has 196 valence electrons. The van der Waals surface area contributed by atoms with E-state index < -0.39 is 6.10 Å². The molecule has 0 fully saturated rings. The van der Waals surface area contributed by atoms with Gasteiger partial charge in [0, 0.05) is 11.8 Å². The highest BCUT2D eigenvalue weighted by Gasteiger charge is 2.31. The first-order chi connectivity index (χ1) is 18.9. The number of carbonyl (C=O) groups is 2. The number of carbonyl (C=O) groups excluding carboxylic acids is 2. The zero-order chi connectivity index (χ0) is 27.2. The van der Waals surface area contributed by atoms with Crippen LogP contribution in [-0.2, 0) is 22.7 Å². The molecule has 1 unspecified atom stereocenters. The minimum absolute atomic E-state index is 0.216. The second-order valence-electron chi connectivity index (χ2n) is 9.16. The summed E-state index contributed by atoms with van der Waals surface area (Å²) >= 11 is 0. The van der Waals surface area contributed by atoms with E-state index in [1.165, 1.54) is 18.2 Å². The normalized spacial score (nSPS) is 14.6. The predicted octanol–water partition coefficient (Wildman–Crippen LogP) is 6.37. The van der Waals surface area contributed by atoms with E-state index in [0.29, 0.717) is 23.7 Å². The van der Waals surface area contributed by atoms with E-state index in [1.807, 2.05) is 54.6 Å². The van der Waals surface area contributed by atoms with Gasteiger partial charge in [-0.15, -0.1) is 0 Å². The minimum atomic E-state index is -0.656. The Morgan fingerprint density at radius 1 is 0.974 bits per heavy atom. The first-order valence-corrected chi connectivity index (χ1v) is 12.6. The van der Waals surface area contributed by atoms with Gasteiger partial charge in [0.15, 0.2) is 6.10 Å². The fraction of sp³-hybridized carbons (Fsp3) is 0.125. The van der Waals surface area contributed by atoms with Crippen LogP contribution in [0.4, 0.5) is 15.8 Å². The standard InChI is InChI=1S/C32H27FN2O4/c1-22-32(37)35(20-24-7-12-26(33)13-8-24)29-19-27(14-17-30(29)39-22)34-31(36)18-11-23-9-15-28(16-10-23)38-21-25-5-3-2-4-6-25/h2-19,22H,20-21H2,1H3,(H,34,36)/b18-11+. The smallest absolute Gasteiger partial charge is 0.268 e. The molecule has 1 aliphatic heterocycles. The Bertz CT molecular complexity index is 1490. The van der Waals surface area contributed by atoms with Gasteiger partial charge in [0.2, 0.25) is 5.91 Å². The lowest BCUT2D eigenvalue weighted by atomic mass is 10.1. The molecule has 1 N–H and O–H groups in total. The van der Waals surface area contributed by atoms with Crippen molar-refractivity contribution in [1.82, 2.24) is 0 Å². The number of hydrogen-bond acceptors (Lipinski definition) is 4. The summed E-state index contributed by atoms with van der Waals surface area (Å²) in [4.78, 5) is 27.1. The van der Waals surface area contributed by atoms with Gasteiger partial charge in [0.05, 0.1) is 12.2 Å². The Kier molecular flexibility index (Phi) is 7.68. The topological polar surface area (TPSA) is 67.9 Å². The van der Waals surface area contributed by atoms with E-state index in [1.54, 1.807) is 48.2 Å². The first kappa shape index (κ1) is 25.7. The van der Waals surface area contributed by atoms with Crippen molar-refractivity contribution in [3.63, 3.8) is 0 Å². The average Bonchev–Trinajstić information content (AvgIpc) is 2.96. The van der Waals surface area contributed by atoms with Crippen LogP contribution in [-0.4, -0.2) is 17.9 Å². The number of nitrogens with one attached hydrogen (secondary N) is 1. The molecule has 0 aromatic heterocycles. The zero-order valence-corrected chi connectivity index (χ0v) is 21.3. The SMILES string of the molecule is CC1Oc2ccc(NC(=O)/C=C/c3ccc(OCc4ccccc4)cc3)cc2N(Cc2ccc(F)cc2)C1=O. The van der Waals surface area contributed by atoms with Crippen LogP contribution in [0, 0.1) is 5.82 Å². The summed E-state index contributed by atoms with van der Waals surface area (Å²) in [6.07, 6.45) is 2.50. The van der Waals surface area contributed by atoms with E-state index in [4.69, 9.17) is 9.47 Å². The number of hydrogen-bond donors (Lipinski definition) is 1. The van der Waals surface area contributed by atoms with Crippen molar-refractivity contribution in [3.8, 4) is 11.5 Å². The Hall–Kier alpha value is -4.91. The van der Waals surface area contributed by atoms with Gasteiger partial charge in [-0.3, -0.25) is 9.59 Å². The molecule has 1 heterocycles. The highest BCUT2D eigenvalue weighted by atomic mass is 19.1. The van der Waals surface area contributed by atoms with Crippen LogP contribution in [0.2, 0.25) is 0 Å². The van der Waals surface area contributed by atoms with Gasteiger partial charge in [-0.2, -0.15) is 0 Å². The lowest BCUT2D eigenvalue weighted by Gasteiger charge is -2.33. The first-order valence-electron chi connectivity index (χ1n) is 12.6. The summed E-state index contributed by atoms with van der Waals surface area (Å²) in [5.74, 6) is 0.400. The molecule has 0 aliphatic carbocycles. The number of rotatable bonds is 8. The van der Waals surface area contributed by atoms with Crippen LogP contribution in [0.1, 0.15) is 23.6 Å². The lowest BCUT2D eigenvalue weighted by Crippen LogP contribution is -2.44. The van der Waals surface area contributed by atoms with E-state index in [9.17, 15) is 14.0 Å². The van der Waals surface area contributed by atoms with Crippen molar-refractivity contribution in [2.75, 3.05) is 10.2 Å². The fourth-order valence-corrected chi connectivity index (χ4v) is 4.19. The molecule has 7 heteroatoms. The van der Waals surface area contributed by atoms with Crippen LogP contribution in [0.3, 0.4) is 0 Å². The van der Waals surface area contributed by atoms with E-state index in [2.05, 4.69) is 5.32 Å². The van der Waals surface area contributed by atoms with Crippen LogP contribution >= 0.6 is 0 Å². The molecule has 2 amide bonds. The minimum Gasteiger partial charge on any atom is -0.489 e. The molecule has 0 spiro atoms. The number of nitrogens with zero attached hydrogens (tertiary/aromatic N) is 1. The second-order valence-corrected chi connectivity index (χ2v) is 9.16. The summed E-state index contributed by atoms with van der Waals surface area (Å²) < 4.78 is 24.9. The average molecular weight is 523 g/mol. The number of fused-ring (bicyclic) bond motifs is 1. The molecule has 6 nitrogen and oxygen atoms in total. The third kappa shape index (κ3) is 6.51. The van der Waals surface area contributed by atoms with Gasteiger partial charge in [0.1, 0.15) is 23.9 Å². The summed E-state index contributed by atoms with van der Waals surface area (Å²) in [5, 5.41) is 2.84. The van der Waals surface area contributed by atoms with Crippen LogP contribution in [0.25, 0.3) is 6.08 Å². The summed E-state index contributed by atoms with van der Waals surface area (Å²) in [6.45, 7) is 2.42. The molecule has 5 rings (SSSR count). The Morgan fingerprint density at radius 3 is 2.46 bits per heavy atom. The maximum Gasteiger partial charge on any atom is 0.268 e. The molecule has 0 saturated carbocycles. The largest absolute Gasteiger partial charge is 0.489 e. The van der Waals surface area contributed by atoms with E-state index >= 15 is 0 Å². The van der Waals surface area contributed by atoms with Crippen molar-refractivity contribution in [1.29, 1.82) is 0 Å². The van der Waals surface area contributed by atoms with Crippen molar-refractivity contribution >= 4 is 29.3 Å². The molecule has 4 aromatic rings. The van der Waals surface area contributed by atoms with Gasteiger partial charge in [-0.1, -0.05) is 54.6 Å². The van der Waals surface area contributed by atoms with Gasteiger partial charge in [0.25, 0.3) is 5.91 Å². The van der Waals surface area contributed by atoms with Crippen molar-refractivity contribution in [2.45, 2.75) is 26.2 Å². The number of ether oxygens (including phenoxy) is 2. The van der Waals surface area contributed by atoms with Crippen LogP contribution in [0.15, 0.2) is 103 Å². The monoisotopic (exact) mass is 522 g/mol. The predicted molar refractivity (Wildman–Crippen MR) is 149 cm³/mol. The molecule has 0 bridgehead atoms. The Balaban J connectivity index is 1.23. The zero-order valence-electron chi connectivity index (χ0n) is 21.3. The third-order valence-electron chi connectivity index (χ3n) is 6.24. The molecule has 39 heavy (non-hydrogen) atoms. The number of benzene rings is 4.